The quantitative estimate of drug-likeness (QED) is 0.847. The summed E-state index contributed by atoms with van der Waals surface area (Å²) in [5, 5.41) is 11.1. The highest BCUT2D eigenvalue weighted by Gasteiger charge is 2.13. The highest BCUT2D eigenvalue weighted by atomic mass is 32.1. The number of nitrogens with one attached hydrogen (secondary N) is 1. The van der Waals surface area contributed by atoms with Crippen LogP contribution in [0.4, 0.5) is 10.2 Å². The molecule has 1 heterocycles. The van der Waals surface area contributed by atoms with E-state index in [0.29, 0.717) is 23.5 Å². The van der Waals surface area contributed by atoms with Crippen LogP contribution >= 0.6 is 12.2 Å². The lowest BCUT2D eigenvalue weighted by Gasteiger charge is -2.13. The average molecular weight is 290 g/mol. The highest BCUT2D eigenvalue weighted by molar-refractivity contribution is 7.80. The zero-order valence-corrected chi connectivity index (χ0v) is 12.1. The summed E-state index contributed by atoms with van der Waals surface area (Å²) in [5.74, 6) is 0.206. The van der Waals surface area contributed by atoms with E-state index >= 15 is 0 Å². The lowest BCUT2D eigenvalue weighted by Crippen LogP contribution is -2.18. The smallest absolute Gasteiger partial charge is 0.159 e. The summed E-state index contributed by atoms with van der Waals surface area (Å²) in [4.78, 5) is 0.247. The molecule has 20 heavy (non-hydrogen) atoms. The zero-order chi connectivity index (χ0) is 14.7. The first-order valence-electron chi connectivity index (χ1n) is 6.11. The van der Waals surface area contributed by atoms with Gasteiger partial charge in [0.05, 0.1) is 11.3 Å². The second-order valence-corrected chi connectivity index (χ2v) is 4.88. The number of anilines is 1. The number of nitrogens with two attached hydrogens (primary N) is 1. The Morgan fingerprint density at radius 3 is 2.65 bits per heavy atom. The summed E-state index contributed by atoms with van der Waals surface area (Å²) >= 11 is 5.05. The van der Waals surface area contributed by atoms with Gasteiger partial charge in [-0.2, -0.15) is 5.10 Å². The number of thiocarbonyl (C=S) groups is 1. The molecule has 0 aliphatic rings. The lowest BCUT2D eigenvalue weighted by atomic mass is 10.1. The minimum absolute atomic E-state index is 0.247. The Morgan fingerprint density at radius 2 is 2.00 bits per heavy atom. The number of nitrogens with zero attached hydrogens (tertiary/aromatic N) is 2. The van der Waals surface area contributed by atoms with Gasteiger partial charge in [-0.15, -0.1) is 5.10 Å². The van der Waals surface area contributed by atoms with Crippen molar-refractivity contribution in [3.05, 3.63) is 52.5 Å². The van der Waals surface area contributed by atoms with Gasteiger partial charge in [0.15, 0.2) is 5.82 Å². The Morgan fingerprint density at radius 1 is 1.30 bits per heavy atom. The molecule has 0 spiro atoms. The second kappa shape index (κ2) is 5.92. The maximum absolute atomic E-state index is 13.6. The summed E-state index contributed by atoms with van der Waals surface area (Å²) in [6.45, 7) is 4.01. The van der Waals surface area contributed by atoms with Gasteiger partial charge in [-0.05, 0) is 25.5 Å². The third-order valence-corrected chi connectivity index (χ3v) is 3.31. The Balaban J connectivity index is 2.29. The number of aromatic nitrogens is 2. The molecule has 2 aromatic rings. The molecule has 4 nitrogen and oxygen atoms in total. The summed E-state index contributed by atoms with van der Waals surface area (Å²) in [6, 6.07) is 6.55. The molecule has 0 radical (unpaired) electrons. The van der Waals surface area contributed by atoms with E-state index in [2.05, 4.69) is 15.5 Å². The summed E-state index contributed by atoms with van der Waals surface area (Å²) in [6.07, 6.45) is 0. The zero-order valence-electron chi connectivity index (χ0n) is 11.3. The summed E-state index contributed by atoms with van der Waals surface area (Å²) < 4.78 is 13.6. The van der Waals surface area contributed by atoms with E-state index in [1.54, 1.807) is 18.2 Å². The van der Waals surface area contributed by atoms with Crippen LogP contribution in [-0.2, 0) is 6.54 Å². The van der Waals surface area contributed by atoms with Gasteiger partial charge in [-0.1, -0.05) is 30.4 Å². The van der Waals surface area contributed by atoms with Crippen LogP contribution in [0.5, 0.6) is 0 Å². The van der Waals surface area contributed by atoms with E-state index in [-0.39, 0.29) is 10.8 Å². The minimum Gasteiger partial charge on any atom is -0.389 e. The van der Waals surface area contributed by atoms with Crippen LogP contribution in [0.1, 0.15) is 22.4 Å². The van der Waals surface area contributed by atoms with E-state index in [4.69, 9.17) is 18.0 Å². The van der Waals surface area contributed by atoms with E-state index in [1.807, 2.05) is 13.8 Å². The highest BCUT2D eigenvalue weighted by Crippen LogP contribution is 2.19. The Labute approximate surface area is 122 Å². The van der Waals surface area contributed by atoms with Crippen LogP contribution in [0, 0.1) is 19.7 Å². The molecule has 1 aromatic heterocycles. The molecule has 104 valence electrons. The first-order valence-corrected chi connectivity index (χ1v) is 6.52. The van der Waals surface area contributed by atoms with Crippen LogP contribution in [0.15, 0.2) is 24.3 Å². The Kier molecular flexibility index (Phi) is 4.24. The molecule has 0 unspecified atom stereocenters. The van der Waals surface area contributed by atoms with Gasteiger partial charge in [0, 0.05) is 12.1 Å². The topological polar surface area (TPSA) is 63.8 Å². The molecule has 3 N–H and O–H groups in total. The first kappa shape index (κ1) is 14.3. The van der Waals surface area contributed by atoms with Crippen LogP contribution < -0.4 is 11.1 Å². The maximum atomic E-state index is 13.6. The van der Waals surface area contributed by atoms with Crippen molar-refractivity contribution in [1.82, 2.24) is 10.2 Å². The molecule has 0 saturated heterocycles. The van der Waals surface area contributed by atoms with Crippen molar-refractivity contribution in [2.75, 3.05) is 5.32 Å². The van der Waals surface area contributed by atoms with E-state index in [9.17, 15) is 4.39 Å². The normalized spacial score (nSPS) is 10.3. The summed E-state index contributed by atoms with van der Waals surface area (Å²) in [5.41, 5.74) is 8.58. The average Bonchev–Trinajstić information content (AvgIpc) is 2.41. The largest absolute Gasteiger partial charge is 0.389 e. The maximum Gasteiger partial charge on any atom is 0.159 e. The molecule has 6 heteroatoms. The van der Waals surface area contributed by atoms with Crippen molar-refractivity contribution in [3.63, 3.8) is 0 Å². The van der Waals surface area contributed by atoms with Gasteiger partial charge in [-0.3, -0.25) is 0 Å². The van der Waals surface area contributed by atoms with Gasteiger partial charge in [0.25, 0.3) is 0 Å². The fraction of sp³-hybridized carbons (Fsp3) is 0.214. The van der Waals surface area contributed by atoms with Crippen molar-refractivity contribution in [3.8, 4) is 0 Å². The van der Waals surface area contributed by atoms with Gasteiger partial charge < -0.3 is 11.1 Å². The van der Waals surface area contributed by atoms with Crippen LogP contribution in [0.3, 0.4) is 0 Å². The number of hydrogen-bond acceptors (Lipinski definition) is 4. The van der Waals surface area contributed by atoms with Crippen molar-refractivity contribution in [2.45, 2.75) is 20.4 Å². The third-order valence-electron chi connectivity index (χ3n) is 3.11. The first-order chi connectivity index (χ1) is 9.50. The van der Waals surface area contributed by atoms with Gasteiger partial charge in [-0.25, -0.2) is 4.39 Å². The number of rotatable bonds is 4. The molecule has 0 saturated carbocycles. The number of hydrogen-bond donors (Lipinski definition) is 2. The lowest BCUT2D eigenvalue weighted by molar-refractivity contribution is 0.612. The molecule has 0 bridgehead atoms. The number of aryl methyl sites for hydroxylation is 1. The molecular weight excluding hydrogens is 275 g/mol. The van der Waals surface area contributed by atoms with E-state index in [1.165, 1.54) is 6.07 Å². The minimum atomic E-state index is -0.270. The fourth-order valence-electron chi connectivity index (χ4n) is 1.85. The van der Waals surface area contributed by atoms with Gasteiger partial charge >= 0.3 is 0 Å². The van der Waals surface area contributed by atoms with Crippen molar-refractivity contribution < 1.29 is 4.39 Å². The molecule has 0 aliphatic carbocycles. The molecule has 2 rings (SSSR count). The number of benzene rings is 1. The van der Waals surface area contributed by atoms with Crippen molar-refractivity contribution in [2.24, 2.45) is 5.73 Å². The molecule has 0 amide bonds. The summed E-state index contributed by atoms with van der Waals surface area (Å²) in [7, 11) is 0. The van der Waals surface area contributed by atoms with Gasteiger partial charge in [0.1, 0.15) is 10.8 Å². The SMILES string of the molecule is Cc1nnc(NCc2ccccc2F)c(C(N)=S)c1C. The van der Waals surface area contributed by atoms with Gasteiger partial charge in [0.2, 0.25) is 0 Å². The van der Waals surface area contributed by atoms with Crippen LogP contribution in [0.25, 0.3) is 0 Å². The molecule has 0 fully saturated rings. The third kappa shape index (κ3) is 2.91. The standard InChI is InChI=1S/C14H15FN4S/c1-8-9(2)18-19-14(12(8)13(16)20)17-7-10-5-3-4-6-11(10)15/h3-6H,7H2,1-2H3,(H2,16,20)(H,17,19). The predicted octanol–water partition coefficient (Wildman–Crippen LogP) is 2.48. The van der Waals surface area contributed by atoms with Crippen LogP contribution in [0.2, 0.25) is 0 Å². The molecule has 1 aromatic carbocycles. The monoisotopic (exact) mass is 290 g/mol. The fourth-order valence-corrected chi connectivity index (χ4v) is 2.10. The van der Waals surface area contributed by atoms with E-state index < -0.39 is 0 Å². The molecule has 0 aliphatic heterocycles. The molecular formula is C14H15FN4S. The second-order valence-electron chi connectivity index (χ2n) is 4.44. The Bertz CT molecular complexity index is 658. The predicted molar refractivity (Wildman–Crippen MR) is 81.1 cm³/mol. The number of halogens is 1. The van der Waals surface area contributed by atoms with Crippen LogP contribution in [-0.4, -0.2) is 15.2 Å². The van der Waals surface area contributed by atoms with Crippen molar-refractivity contribution in [1.29, 1.82) is 0 Å². The van der Waals surface area contributed by atoms with Crippen molar-refractivity contribution >= 4 is 23.0 Å². The molecule has 0 atom stereocenters. The Hall–Kier alpha value is -2.08. The van der Waals surface area contributed by atoms with E-state index in [0.717, 1.165) is 11.3 Å².